The van der Waals surface area contributed by atoms with Crippen LogP contribution in [0.5, 0.6) is 0 Å². The summed E-state index contributed by atoms with van der Waals surface area (Å²) in [6, 6.07) is 5.20. The minimum Gasteiger partial charge on any atom is -0.356 e. The zero-order chi connectivity index (χ0) is 19.9. The Kier molecular flexibility index (Phi) is 8.08. The highest BCUT2D eigenvalue weighted by molar-refractivity contribution is 7.90. The predicted octanol–water partition coefficient (Wildman–Crippen LogP) is 1.18. The van der Waals surface area contributed by atoms with E-state index in [1.54, 1.807) is 33.2 Å². The summed E-state index contributed by atoms with van der Waals surface area (Å²) in [7, 11) is 0.177. The molecule has 0 heterocycles. The molecule has 7 nitrogen and oxygen atoms in total. The lowest BCUT2D eigenvalue weighted by Gasteiger charge is -2.16. The summed E-state index contributed by atoms with van der Waals surface area (Å²) < 4.78 is 23.4. The fourth-order valence-corrected chi connectivity index (χ4v) is 3.15. The van der Waals surface area contributed by atoms with Gasteiger partial charge in [-0.25, -0.2) is 13.4 Å². The highest BCUT2D eigenvalue weighted by atomic mass is 32.2. The van der Waals surface area contributed by atoms with E-state index < -0.39 is 9.84 Å². The molecule has 1 aromatic carbocycles. The van der Waals surface area contributed by atoms with Gasteiger partial charge in [0.25, 0.3) is 0 Å². The number of guanidine groups is 1. The number of rotatable bonds is 7. The number of carbonyl (C=O) groups is 1. The Balaban J connectivity index is 2.88. The maximum absolute atomic E-state index is 11.8. The molecule has 0 saturated carbocycles. The predicted molar refractivity (Wildman–Crippen MR) is 105 cm³/mol. The van der Waals surface area contributed by atoms with Gasteiger partial charge in [0.2, 0.25) is 5.91 Å². The number of benzene rings is 1. The molecule has 0 aliphatic carbocycles. The summed E-state index contributed by atoms with van der Waals surface area (Å²) >= 11 is 0. The Morgan fingerprint density at radius 1 is 1.23 bits per heavy atom. The van der Waals surface area contributed by atoms with Gasteiger partial charge < -0.3 is 15.5 Å². The Hall–Kier alpha value is -2.09. The van der Waals surface area contributed by atoms with Crippen LogP contribution in [0, 0.1) is 12.8 Å². The van der Waals surface area contributed by atoms with Crippen LogP contribution in [-0.4, -0.2) is 58.6 Å². The van der Waals surface area contributed by atoms with Gasteiger partial charge in [-0.15, -0.1) is 0 Å². The van der Waals surface area contributed by atoms with Gasteiger partial charge in [0.15, 0.2) is 15.8 Å². The molecule has 8 heteroatoms. The molecule has 0 bridgehead atoms. The standard InChI is InChI=1S/C18H30N4O3S/c1-13(2)10-19-18(21-12-17(23)22(4)5)20-11-15-7-8-16(14(3)9-15)26(6,24)25/h7-9,13H,10-12H2,1-6H3,(H2,19,20,21). The third-order valence-corrected chi connectivity index (χ3v) is 4.90. The molecule has 0 atom stereocenters. The van der Waals surface area contributed by atoms with Crippen LogP contribution in [0.4, 0.5) is 0 Å². The molecule has 0 unspecified atom stereocenters. The van der Waals surface area contributed by atoms with Gasteiger partial charge in [-0.2, -0.15) is 0 Å². The smallest absolute Gasteiger partial charge is 0.241 e. The lowest BCUT2D eigenvalue weighted by molar-refractivity contribution is -0.127. The van der Waals surface area contributed by atoms with Crippen LogP contribution in [0.1, 0.15) is 25.0 Å². The molecule has 26 heavy (non-hydrogen) atoms. The van der Waals surface area contributed by atoms with Gasteiger partial charge in [0.05, 0.1) is 18.0 Å². The summed E-state index contributed by atoms with van der Waals surface area (Å²) in [5.41, 5.74) is 1.60. The number of likely N-dealkylation sites (N-methyl/N-ethyl adjacent to an activating group) is 1. The van der Waals surface area contributed by atoms with E-state index in [4.69, 9.17) is 0 Å². The van der Waals surface area contributed by atoms with Crippen molar-refractivity contribution in [1.29, 1.82) is 0 Å². The number of hydrogen-bond donors (Lipinski definition) is 2. The van der Waals surface area contributed by atoms with Gasteiger partial charge in [-0.1, -0.05) is 26.0 Å². The molecular formula is C18H30N4O3S. The van der Waals surface area contributed by atoms with Gasteiger partial charge >= 0.3 is 0 Å². The second-order valence-electron chi connectivity index (χ2n) is 6.95. The van der Waals surface area contributed by atoms with Crippen LogP contribution in [0.15, 0.2) is 28.1 Å². The van der Waals surface area contributed by atoms with Crippen molar-refractivity contribution >= 4 is 21.7 Å². The molecule has 0 radical (unpaired) electrons. The number of aryl methyl sites for hydroxylation is 1. The quantitative estimate of drug-likeness (QED) is 0.546. The van der Waals surface area contributed by atoms with Crippen molar-refractivity contribution in [2.24, 2.45) is 10.9 Å². The van der Waals surface area contributed by atoms with Crippen LogP contribution < -0.4 is 10.6 Å². The van der Waals surface area contributed by atoms with E-state index in [0.717, 1.165) is 12.1 Å². The highest BCUT2D eigenvalue weighted by Crippen LogP contribution is 2.17. The van der Waals surface area contributed by atoms with Crippen LogP contribution in [0.25, 0.3) is 0 Å². The fourth-order valence-electron chi connectivity index (χ4n) is 2.19. The average molecular weight is 383 g/mol. The molecule has 146 valence electrons. The number of amides is 1. The zero-order valence-electron chi connectivity index (χ0n) is 16.5. The molecule has 0 aromatic heterocycles. The molecule has 1 aromatic rings. The minimum atomic E-state index is -3.23. The molecule has 1 rings (SSSR count). The number of sulfone groups is 1. The summed E-state index contributed by atoms with van der Waals surface area (Å²) in [6.45, 7) is 7.22. The lowest BCUT2D eigenvalue weighted by atomic mass is 10.1. The summed E-state index contributed by atoms with van der Waals surface area (Å²) in [4.78, 5) is 18.1. The number of hydrogen-bond acceptors (Lipinski definition) is 4. The first-order valence-corrected chi connectivity index (χ1v) is 10.4. The van der Waals surface area contributed by atoms with Crippen molar-refractivity contribution in [1.82, 2.24) is 15.5 Å². The first-order valence-electron chi connectivity index (χ1n) is 8.52. The number of nitrogens with zero attached hydrogens (tertiary/aromatic N) is 2. The van der Waals surface area contributed by atoms with E-state index in [2.05, 4.69) is 29.5 Å². The van der Waals surface area contributed by atoms with E-state index in [0.29, 0.717) is 28.9 Å². The van der Waals surface area contributed by atoms with Gasteiger partial charge in [0, 0.05) is 26.9 Å². The van der Waals surface area contributed by atoms with Crippen molar-refractivity contribution in [3.63, 3.8) is 0 Å². The SMILES string of the molecule is Cc1cc(CN=C(NCC(=O)N(C)C)NCC(C)C)ccc1S(C)(=O)=O. The third kappa shape index (κ3) is 7.43. The van der Waals surface area contributed by atoms with Crippen molar-refractivity contribution in [2.45, 2.75) is 32.2 Å². The van der Waals surface area contributed by atoms with E-state index in [9.17, 15) is 13.2 Å². The van der Waals surface area contributed by atoms with Crippen LogP contribution in [0.3, 0.4) is 0 Å². The molecule has 0 fully saturated rings. The lowest BCUT2D eigenvalue weighted by Crippen LogP contribution is -2.44. The Labute approximate surface area is 156 Å². The Morgan fingerprint density at radius 3 is 2.38 bits per heavy atom. The van der Waals surface area contributed by atoms with Gasteiger partial charge in [0.1, 0.15) is 0 Å². The first-order chi connectivity index (χ1) is 12.0. The molecule has 0 spiro atoms. The van der Waals surface area contributed by atoms with E-state index in [1.807, 2.05) is 6.07 Å². The highest BCUT2D eigenvalue weighted by Gasteiger charge is 2.11. The van der Waals surface area contributed by atoms with Gasteiger partial charge in [-0.05, 0) is 30.0 Å². The maximum atomic E-state index is 11.8. The molecular weight excluding hydrogens is 352 g/mol. The summed E-state index contributed by atoms with van der Waals surface area (Å²) in [6.07, 6.45) is 1.20. The Bertz CT molecular complexity index is 756. The number of aliphatic imine (C=N–C) groups is 1. The monoisotopic (exact) mass is 382 g/mol. The largest absolute Gasteiger partial charge is 0.356 e. The van der Waals surface area contributed by atoms with Crippen molar-refractivity contribution in [2.75, 3.05) is 33.4 Å². The van der Waals surface area contributed by atoms with E-state index >= 15 is 0 Å². The summed E-state index contributed by atoms with van der Waals surface area (Å²) in [5, 5.41) is 6.23. The second-order valence-corrected chi connectivity index (χ2v) is 8.94. The Morgan fingerprint density at radius 2 is 1.88 bits per heavy atom. The maximum Gasteiger partial charge on any atom is 0.241 e. The second kappa shape index (κ2) is 9.56. The molecule has 0 aliphatic heterocycles. The molecule has 0 aliphatic rings. The molecule has 0 saturated heterocycles. The fraction of sp³-hybridized carbons (Fsp3) is 0.556. The van der Waals surface area contributed by atoms with Gasteiger partial charge in [-0.3, -0.25) is 4.79 Å². The van der Waals surface area contributed by atoms with Crippen LogP contribution >= 0.6 is 0 Å². The van der Waals surface area contributed by atoms with Crippen molar-refractivity contribution in [3.05, 3.63) is 29.3 Å². The van der Waals surface area contributed by atoms with Crippen molar-refractivity contribution in [3.8, 4) is 0 Å². The van der Waals surface area contributed by atoms with Crippen LogP contribution in [-0.2, 0) is 21.2 Å². The molecule has 2 N–H and O–H groups in total. The number of carbonyl (C=O) groups excluding carboxylic acids is 1. The normalized spacial score (nSPS) is 12.2. The average Bonchev–Trinajstić information content (AvgIpc) is 2.52. The van der Waals surface area contributed by atoms with Crippen LogP contribution in [0.2, 0.25) is 0 Å². The zero-order valence-corrected chi connectivity index (χ0v) is 17.3. The van der Waals surface area contributed by atoms with Crippen molar-refractivity contribution < 1.29 is 13.2 Å². The minimum absolute atomic E-state index is 0.0441. The van der Waals surface area contributed by atoms with E-state index in [-0.39, 0.29) is 12.5 Å². The third-order valence-electron chi connectivity index (χ3n) is 3.64. The topological polar surface area (TPSA) is 90.9 Å². The summed E-state index contributed by atoms with van der Waals surface area (Å²) in [5.74, 6) is 0.943. The first kappa shape index (κ1) is 22.0. The number of nitrogens with one attached hydrogen (secondary N) is 2. The molecule has 1 amide bonds. The van der Waals surface area contributed by atoms with E-state index in [1.165, 1.54) is 11.2 Å².